The fourth-order valence-electron chi connectivity index (χ4n) is 2.78. The zero-order chi connectivity index (χ0) is 12.1. The lowest BCUT2D eigenvalue weighted by atomic mass is 9.80. The number of carbonyl (C=O) groups is 1. The van der Waals surface area contributed by atoms with Crippen LogP contribution in [-0.2, 0) is 14.3 Å². The molecule has 2 aliphatic rings. The van der Waals surface area contributed by atoms with Gasteiger partial charge in [0.1, 0.15) is 5.60 Å². The third-order valence-corrected chi connectivity index (χ3v) is 3.66. The van der Waals surface area contributed by atoms with Crippen molar-refractivity contribution in [3.05, 3.63) is 11.8 Å². The SMILES string of the molecule is CCOC1(C(=O)C2=CCCCO2)CCCCC1. The molecule has 2 rings (SSSR count). The molecule has 96 valence electrons. The zero-order valence-electron chi connectivity index (χ0n) is 10.7. The van der Waals surface area contributed by atoms with E-state index in [4.69, 9.17) is 9.47 Å². The van der Waals surface area contributed by atoms with Crippen molar-refractivity contribution in [3.8, 4) is 0 Å². The van der Waals surface area contributed by atoms with E-state index in [1.807, 2.05) is 13.0 Å². The van der Waals surface area contributed by atoms with Crippen LogP contribution in [0.1, 0.15) is 51.9 Å². The number of rotatable bonds is 4. The topological polar surface area (TPSA) is 35.5 Å². The predicted octanol–water partition coefficient (Wildman–Crippen LogP) is 2.99. The first-order chi connectivity index (χ1) is 8.28. The lowest BCUT2D eigenvalue weighted by molar-refractivity contribution is -0.148. The molecule has 0 saturated heterocycles. The minimum atomic E-state index is -0.587. The number of Topliss-reactive ketones (excluding diaryl/α,β-unsaturated/α-hetero) is 1. The number of ether oxygens (including phenoxy) is 2. The molecule has 1 saturated carbocycles. The second-order valence-corrected chi connectivity index (χ2v) is 4.88. The molecule has 0 spiro atoms. The van der Waals surface area contributed by atoms with Crippen LogP contribution in [0.3, 0.4) is 0 Å². The molecule has 0 atom stereocenters. The number of hydrogen-bond acceptors (Lipinski definition) is 3. The Bertz CT molecular complexity index is 295. The number of ketones is 1. The maximum atomic E-state index is 12.5. The average molecular weight is 238 g/mol. The zero-order valence-corrected chi connectivity index (χ0v) is 10.7. The fourth-order valence-corrected chi connectivity index (χ4v) is 2.78. The predicted molar refractivity (Wildman–Crippen MR) is 65.7 cm³/mol. The summed E-state index contributed by atoms with van der Waals surface area (Å²) in [5.74, 6) is 0.630. The first kappa shape index (κ1) is 12.6. The molecule has 0 aromatic heterocycles. The Balaban J connectivity index is 2.14. The summed E-state index contributed by atoms with van der Waals surface area (Å²) in [4.78, 5) is 12.5. The molecule has 0 bridgehead atoms. The third kappa shape index (κ3) is 2.71. The summed E-state index contributed by atoms with van der Waals surface area (Å²) < 4.78 is 11.3. The van der Waals surface area contributed by atoms with Gasteiger partial charge in [-0.2, -0.15) is 0 Å². The molecule has 1 aliphatic heterocycles. The van der Waals surface area contributed by atoms with Crippen molar-refractivity contribution in [2.45, 2.75) is 57.5 Å². The highest BCUT2D eigenvalue weighted by atomic mass is 16.5. The Hall–Kier alpha value is -0.830. The van der Waals surface area contributed by atoms with E-state index in [1.54, 1.807) is 0 Å². The highest BCUT2D eigenvalue weighted by Gasteiger charge is 2.42. The Morgan fingerprint density at radius 2 is 2.12 bits per heavy atom. The minimum absolute atomic E-state index is 0.0822. The summed E-state index contributed by atoms with van der Waals surface area (Å²) in [6.07, 6.45) is 8.96. The molecule has 1 heterocycles. The van der Waals surface area contributed by atoms with Gasteiger partial charge in [0.15, 0.2) is 5.76 Å². The molecule has 17 heavy (non-hydrogen) atoms. The lowest BCUT2D eigenvalue weighted by Crippen LogP contribution is -2.45. The average Bonchev–Trinajstić information content (AvgIpc) is 2.40. The van der Waals surface area contributed by atoms with Gasteiger partial charge in [-0.05, 0) is 38.7 Å². The van der Waals surface area contributed by atoms with Gasteiger partial charge in [-0.15, -0.1) is 0 Å². The molecule has 0 unspecified atom stereocenters. The van der Waals surface area contributed by atoms with Crippen molar-refractivity contribution < 1.29 is 14.3 Å². The first-order valence-electron chi connectivity index (χ1n) is 6.80. The Kier molecular flexibility index (Phi) is 4.21. The van der Waals surface area contributed by atoms with Crippen molar-refractivity contribution in [1.29, 1.82) is 0 Å². The maximum Gasteiger partial charge on any atom is 0.228 e. The summed E-state index contributed by atoms with van der Waals surface area (Å²) in [5.41, 5.74) is -0.587. The van der Waals surface area contributed by atoms with Crippen LogP contribution in [0.5, 0.6) is 0 Å². The van der Waals surface area contributed by atoms with Crippen LogP contribution in [-0.4, -0.2) is 24.6 Å². The molecule has 0 radical (unpaired) electrons. The molecule has 0 N–H and O–H groups in total. The van der Waals surface area contributed by atoms with Crippen LogP contribution >= 0.6 is 0 Å². The molecule has 0 amide bonds. The van der Waals surface area contributed by atoms with Crippen LogP contribution in [0.4, 0.5) is 0 Å². The highest BCUT2D eigenvalue weighted by Crippen LogP contribution is 2.35. The molecule has 3 nitrogen and oxygen atoms in total. The first-order valence-corrected chi connectivity index (χ1v) is 6.80. The Morgan fingerprint density at radius 3 is 2.71 bits per heavy atom. The maximum absolute atomic E-state index is 12.5. The van der Waals surface area contributed by atoms with E-state index in [-0.39, 0.29) is 5.78 Å². The molecule has 0 aromatic rings. The standard InChI is InChI=1S/C14H22O3/c1-2-17-14(9-5-3-6-10-14)13(15)12-8-4-7-11-16-12/h8H,2-7,9-11H2,1H3. The van der Waals surface area contributed by atoms with E-state index in [9.17, 15) is 4.79 Å². The minimum Gasteiger partial charge on any atom is -0.490 e. The van der Waals surface area contributed by atoms with Crippen LogP contribution in [0.2, 0.25) is 0 Å². The monoisotopic (exact) mass is 238 g/mol. The summed E-state index contributed by atoms with van der Waals surface area (Å²) >= 11 is 0. The molecule has 0 aromatic carbocycles. The van der Waals surface area contributed by atoms with Gasteiger partial charge in [-0.25, -0.2) is 0 Å². The van der Waals surface area contributed by atoms with Crippen molar-refractivity contribution in [2.24, 2.45) is 0 Å². The third-order valence-electron chi connectivity index (χ3n) is 3.66. The van der Waals surface area contributed by atoms with Gasteiger partial charge in [0.2, 0.25) is 5.78 Å². The number of carbonyl (C=O) groups excluding carboxylic acids is 1. The Labute approximate surface area is 103 Å². The van der Waals surface area contributed by atoms with E-state index < -0.39 is 5.60 Å². The fraction of sp³-hybridized carbons (Fsp3) is 0.786. The summed E-state index contributed by atoms with van der Waals surface area (Å²) in [6.45, 7) is 3.22. The Morgan fingerprint density at radius 1 is 1.35 bits per heavy atom. The van der Waals surface area contributed by atoms with Crippen LogP contribution < -0.4 is 0 Å². The van der Waals surface area contributed by atoms with Gasteiger partial charge in [-0.1, -0.05) is 19.3 Å². The smallest absolute Gasteiger partial charge is 0.228 e. The largest absolute Gasteiger partial charge is 0.490 e. The van der Waals surface area contributed by atoms with Gasteiger partial charge >= 0.3 is 0 Å². The van der Waals surface area contributed by atoms with E-state index in [0.29, 0.717) is 19.0 Å². The summed E-state index contributed by atoms with van der Waals surface area (Å²) in [6, 6.07) is 0. The highest BCUT2D eigenvalue weighted by molar-refractivity contribution is 6.00. The number of allylic oxidation sites excluding steroid dienone is 1. The van der Waals surface area contributed by atoms with Gasteiger partial charge in [0, 0.05) is 6.61 Å². The van der Waals surface area contributed by atoms with Gasteiger partial charge < -0.3 is 9.47 Å². The second kappa shape index (κ2) is 5.67. The summed E-state index contributed by atoms with van der Waals surface area (Å²) in [5, 5.41) is 0. The van der Waals surface area contributed by atoms with Crippen LogP contribution in [0.15, 0.2) is 11.8 Å². The number of hydrogen-bond donors (Lipinski definition) is 0. The molecular formula is C14H22O3. The summed E-state index contributed by atoms with van der Waals surface area (Å²) in [7, 11) is 0. The van der Waals surface area contributed by atoms with E-state index in [2.05, 4.69) is 0 Å². The second-order valence-electron chi connectivity index (χ2n) is 4.88. The normalized spacial score (nSPS) is 23.7. The van der Waals surface area contributed by atoms with Crippen molar-refractivity contribution >= 4 is 5.78 Å². The molecule has 3 heteroatoms. The van der Waals surface area contributed by atoms with Crippen molar-refractivity contribution in [3.63, 3.8) is 0 Å². The van der Waals surface area contributed by atoms with E-state index in [0.717, 1.165) is 38.5 Å². The molecule has 1 aliphatic carbocycles. The van der Waals surface area contributed by atoms with E-state index in [1.165, 1.54) is 6.42 Å². The van der Waals surface area contributed by atoms with Crippen molar-refractivity contribution in [2.75, 3.05) is 13.2 Å². The quantitative estimate of drug-likeness (QED) is 0.755. The van der Waals surface area contributed by atoms with Gasteiger partial charge in [0.25, 0.3) is 0 Å². The van der Waals surface area contributed by atoms with Gasteiger partial charge in [0.05, 0.1) is 6.61 Å². The molecular weight excluding hydrogens is 216 g/mol. The lowest BCUT2D eigenvalue weighted by Gasteiger charge is -2.36. The van der Waals surface area contributed by atoms with Gasteiger partial charge in [-0.3, -0.25) is 4.79 Å². The van der Waals surface area contributed by atoms with Crippen LogP contribution in [0, 0.1) is 0 Å². The van der Waals surface area contributed by atoms with Crippen LogP contribution in [0.25, 0.3) is 0 Å². The molecule has 1 fully saturated rings. The van der Waals surface area contributed by atoms with E-state index >= 15 is 0 Å². The van der Waals surface area contributed by atoms with Crippen molar-refractivity contribution in [1.82, 2.24) is 0 Å².